The fraction of sp³-hybridized carbons (Fsp3) is 0.348. The molecule has 2 N–H and O–H groups in total. The molecule has 2 aromatic carbocycles. The Morgan fingerprint density at radius 2 is 1.81 bits per heavy atom. The van der Waals surface area contributed by atoms with Crippen molar-refractivity contribution in [2.24, 2.45) is 4.99 Å². The number of non-ortho nitro benzene ring substituents is 1. The van der Waals surface area contributed by atoms with E-state index in [-0.39, 0.29) is 29.7 Å². The number of piperidine rings is 1. The van der Waals surface area contributed by atoms with Gasteiger partial charge in [-0.25, -0.2) is 4.99 Å². The van der Waals surface area contributed by atoms with Gasteiger partial charge in [0, 0.05) is 44.4 Å². The number of benzene rings is 2. The summed E-state index contributed by atoms with van der Waals surface area (Å²) in [6, 6.07) is 17.4. The number of aliphatic imine (C=N–C) groups is 1. The monoisotopic (exact) mass is 535 g/mol. The second kappa shape index (κ2) is 13.1. The van der Waals surface area contributed by atoms with E-state index in [2.05, 4.69) is 51.4 Å². The van der Waals surface area contributed by atoms with Crippen molar-refractivity contribution in [1.82, 2.24) is 15.5 Å². The minimum absolute atomic E-state index is 0. The van der Waals surface area contributed by atoms with Crippen molar-refractivity contribution in [1.29, 1.82) is 0 Å². The van der Waals surface area contributed by atoms with Gasteiger partial charge in [-0.3, -0.25) is 15.0 Å². The SMILES string of the molecule is C=CCNC(=NCc1ccc([N+](=O)[O-])cc1)NC1CCN(Cc2ccccc2)CC1.I. The molecule has 1 aliphatic heterocycles. The minimum atomic E-state index is -0.393. The Hall–Kier alpha value is -2.46. The first-order valence-corrected chi connectivity index (χ1v) is 10.3. The number of nitrogens with zero attached hydrogens (tertiary/aromatic N) is 3. The smallest absolute Gasteiger partial charge is 0.269 e. The summed E-state index contributed by atoms with van der Waals surface area (Å²) in [5.41, 5.74) is 2.37. The molecule has 2 aromatic rings. The van der Waals surface area contributed by atoms with Gasteiger partial charge in [0.05, 0.1) is 11.5 Å². The van der Waals surface area contributed by atoms with Gasteiger partial charge in [0.15, 0.2) is 5.96 Å². The first-order valence-electron chi connectivity index (χ1n) is 10.3. The Labute approximate surface area is 200 Å². The molecule has 0 radical (unpaired) electrons. The van der Waals surface area contributed by atoms with Crippen molar-refractivity contribution in [2.75, 3.05) is 19.6 Å². The van der Waals surface area contributed by atoms with Gasteiger partial charge < -0.3 is 10.6 Å². The van der Waals surface area contributed by atoms with E-state index in [4.69, 9.17) is 0 Å². The van der Waals surface area contributed by atoms with Gasteiger partial charge in [-0.1, -0.05) is 48.5 Å². The zero-order valence-corrected chi connectivity index (χ0v) is 19.9. The second-order valence-electron chi connectivity index (χ2n) is 7.44. The molecule has 1 aliphatic rings. The van der Waals surface area contributed by atoms with Crippen LogP contribution in [-0.4, -0.2) is 41.5 Å². The first-order chi connectivity index (χ1) is 14.6. The molecule has 7 nitrogen and oxygen atoms in total. The Morgan fingerprint density at radius 1 is 1.13 bits per heavy atom. The fourth-order valence-corrected chi connectivity index (χ4v) is 3.49. The molecule has 0 bridgehead atoms. The van der Waals surface area contributed by atoms with Gasteiger partial charge in [0.1, 0.15) is 0 Å². The number of nitro benzene ring substituents is 1. The molecule has 0 saturated carbocycles. The van der Waals surface area contributed by atoms with Gasteiger partial charge in [-0.15, -0.1) is 30.6 Å². The Bertz CT molecular complexity index is 850. The molecule has 0 unspecified atom stereocenters. The van der Waals surface area contributed by atoms with Crippen LogP contribution in [0.1, 0.15) is 24.0 Å². The number of likely N-dealkylation sites (tertiary alicyclic amines) is 1. The average molecular weight is 535 g/mol. The molecule has 1 saturated heterocycles. The van der Waals surface area contributed by atoms with E-state index in [1.54, 1.807) is 18.2 Å². The summed E-state index contributed by atoms with van der Waals surface area (Å²) in [7, 11) is 0. The van der Waals surface area contributed by atoms with Gasteiger partial charge in [-0.2, -0.15) is 0 Å². The molecule has 0 atom stereocenters. The first kappa shape index (κ1) is 24.8. The summed E-state index contributed by atoms with van der Waals surface area (Å²) in [6.07, 6.45) is 3.91. The quantitative estimate of drug-likeness (QED) is 0.133. The van der Waals surface area contributed by atoms with Crippen LogP contribution in [0.5, 0.6) is 0 Å². The molecule has 1 heterocycles. The minimum Gasteiger partial charge on any atom is -0.354 e. The van der Waals surface area contributed by atoms with E-state index in [1.807, 2.05) is 6.07 Å². The van der Waals surface area contributed by atoms with Gasteiger partial charge in [0.25, 0.3) is 5.69 Å². The maximum absolute atomic E-state index is 10.8. The Kier molecular flexibility index (Phi) is 10.5. The predicted molar refractivity (Wildman–Crippen MR) is 136 cm³/mol. The normalized spacial score (nSPS) is 15.0. The van der Waals surface area contributed by atoms with E-state index < -0.39 is 4.92 Å². The topological polar surface area (TPSA) is 82.8 Å². The Balaban J connectivity index is 0.00000341. The molecule has 1 fully saturated rings. The molecular weight excluding hydrogens is 505 g/mol. The lowest BCUT2D eigenvalue weighted by Gasteiger charge is -2.33. The van der Waals surface area contributed by atoms with Crippen LogP contribution >= 0.6 is 24.0 Å². The highest BCUT2D eigenvalue weighted by Gasteiger charge is 2.20. The van der Waals surface area contributed by atoms with Crippen LogP contribution in [-0.2, 0) is 13.1 Å². The third-order valence-electron chi connectivity index (χ3n) is 5.16. The molecule has 0 spiro atoms. The molecule has 166 valence electrons. The molecule has 0 aliphatic carbocycles. The summed E-state index contributed by atoms with van der Waals surface area (Å²) >= 11 is 0. The fourth-order valence-electron chi connectivity index (χ4n) is 3.49. The van der Waals surface area contributed by atoms with E-state index in [9.17, 15) is 10.1 Å². The summed E-state index contributed by atoms with van der Waals surface area (Å²) in [5, 5.41) is 17.6. The zero-order valence-electron chi connectivity index (χ0n) is 17.6. The third-order valence-corrected chi connectivity index (χ3v) is 5.16. The molecule has 3 rings (SSSR count). The standard InChI is InChI=1S/C23H29N5O2.HI/c1-2-14-24-23(25-17-19-8-10-22(11-9-19)28(29)30)26-21-12-15-27(16-13-21)18-20-6-4-3-5-7-20;/h2-11,21H,1,12-18H2,(H2,24,25,26);1H. The van der Waals surface area contributed by atoms with Crippen LogP contribution in [0.25, 0.3) is 0 Å². The van der Waals surface area contributed by atoms with Crippen molar-refractivity contribution in [2.45, 2.75) is 32.0 Å². The summed E-state index contributed by atoms with van der Waals surface area (Å²) in [6.45, 7) is 7.92. The van der Waals surface area contributed by atoms with Crippen LogP contribution in [0.3, 0.4) is 0 Å². The lowest BCUT2D eigenvalue weighted by Crippen LogP contribution is -2.48. The van der Waals surface area contributed by atoms with Crippen LogP contribution in [0, 0.1) is 10.1 Å². The van der Waals surface area contributed by atoms with Gasteiger partial charge in [0.2, 0.25) is 0 Å². The maximum Gasteiger partial charge on any atom is 0.269 e. The lowest BCUT2D eigenvalue weighted by atomic mass is 10.0. The summed E-state index contributed by atoms with van der Waals surface area (Å²) in [4.78, 5) is 17.5. The van der Waals surface area contributed by atoms with Gasteiger partial charge in [-0.05, 0) is 24.0 Å². The number of hydrogen-bond acceptors (Lipinski definition) is 4. The highest BCUT2D eigenvalue weighted by molar-refractivity contribution is 14.0. The number of nitrogens with one attached hydrogen (secondary N) is 2. The number of hydrogen-bond donors (Lipinski definition) is 2. The molecule has 31 heavy (non-hydrogen) atoms. The molecule has 8 heteroatoms. The van der Waals surface area contributed by atoms with E-state index in [0.717, 1.165) is 44.0 Å². The van der Waals surface area contributed by atoms with Crippen LogP contribution in [0.15, 0.2) is 72.2 Å². The highest BCUT2D eigenvalue weighted by atomic mass is 127. The van der Waals surface area contributed by atoms with Crippen molar-refractivity contribution in [3.8, 4) is 0 Å². The van der Waals surface area contributed by atoms with Crippen molar-refractivity contribution in [3.63, 3.8) is 0 Å². The van der Waals surface area contributed by atoms with Gasteiger partial charge >= 0.3 is 0 Å². The van der Waals surface area contributed by atoms with Crippen LogP contribution < -0.4 is 10.6 Å². The number of halogens is 1. The zero-order chi connectivity index (χ0) is 21.2. The van der Waals surface area contributed by atoms with Crippen LogP contribution in [0.4, 0.5) is 5.69 Å². The Morgan fingerprint density at radius 3 is 2.42 bits per heavy atom. The van der Waals surface area contributed by atoms with Crippen molar-refractivity contribution < 1.29 is 4.92 Å². The maximum atomic E-state index is 10.8. The molecule has 0 aromatic heterocycles. The van der Waals surface area contributed by atoms with Crippen molar-refractivity contribution >= 4 is 35.6 Å². The predicted octanol–water partition coefficient (Wildman–Crippen LogP) is 4.10. The largest absolute Gasteiger partial charge is 0.354 e. The molecule has 0 amide bonds. The second-order valence-corrected chi connectivity index (χ2v) is 7.44. The molecular formula is C23H30IN5O2. The number of nitro groups is 1. The highest BCUT2D eigenvalue weighted by Crippen LogP contribution is 2.15. The third kappa shape index (κ3) is 8.29. The van der Waals surface area contributed by atoms with E-state index in [1.165, 1.54) is 17.7 Å². The van der Waals surface area contributed by atoms with E-state index >= 15 is 0 Å². The number of guanidine groups is 1. The van der Waals surface area contributed by atoms with Crippen LogP contribution in [0.2, 0.25) is 0 Å². The average Bonchev–Trinajstić information content (AvgIpc) is 2.78. The summed E-state index contributed by atoms with van der Waals surface area (Å²) in [5.74, 6) is 0.745. The van der Waals surface area contributed by atoms with E-state index in [0.29, 0.717) is 19.1 Å². The lowest BCUT2D eigenvalue weighted by molar-refractivity contribution is -0.384. The van der Waals surface area contributed by atoms with Crippen molar-refractivity contribution in [3.05, 3.63) is 88.5 Å². The summed E-state index contributed by atoms with van der Waals surface area (Å²) < 4.78 is 0. The number of rotatable bonds is 8.